The summed E-state index contributed by atoms with van der Waals surface area (Å²) in [5.74, 6) is 0. The third-order valence-corrected chi connectivity index (χ3v) is 2.98. The Hall–Kier alpha value is -2.30. The predicted octanol–water partition coefficient (Wildman–Crippen LogP) is 2.08. The molecule has 20 heavy (non-hydrogen) atoms. The number of aryl methyl sites for hydroxylation is 2. The maximum atomic E-state index is 11.6. The van der Waals surface area contributed by atoms with E-state index in [-0.39, 0.29) is 6.03 Å². The fourth-order valence-electron chi connectivity index (χ4n) is 1.83. The Kier molecular flexibility index (Phi) is 5.17. The van der Waals surface area contributed by atoms with Gasteiger partial charge in [0.1, 0.15) is 0 Å². The van der Waals surface area contributed by atoms with Crippen LogP contribution in [0.2, 0.25) is 0 Å². The molecular weight excluding hydrogens is 252 g/mol. The van der Waals surface area contributed by atoms with E-state index in [9.17, 15) is 4.79 Å². The van der Waals surface area contributed by atoms with Crippen LogP contribution in [-0.2, 0) is 13.1 Å². The highest BCUT2D eigenvalue weighted by Crippen LogP contribution is 2.02. The molecule has 2 rings (SSSR count). The number of carbonyl (C=O) groups excluding carboxylic acids is 1. The van der Waals surface area contributed by atoms with Crippen LogP contribution in [0.3, 0.4) is 0 Å². The molecule has 0 spiro atoms. The van der Waals surface area contributed by atoms with Crippen LogP contribution in [0.1, 0.15) is 17.5 Å². The van der Waals surface area contributed by atoms with E-state index < -0.39 is 0 Å². The van der Waals surface area contributed by atoms with E-state index in [4.69, 9.17) is 0 Å². The van der Waals surface area contributed by atoms with E-state index in [1.165, 1.54) is 5.56 Å². The molecule has 0 saturated carbocycles. The quantitative estimate of drug-likeness (QED) is 0.791. The fourth-order valence-corrected chi connectivity index (χ4v) is 1.83. The topological polar surface area (TPSA) is 59.0 Å². The average molecular weight is 272 g/mol. The van der Waals surface area contributed by atoms with Gasteiger partial charge >= 0.3 is 6.03 Å². The minimum Gasteiger partial charge on any atom is -0.338 e. The fraction of sp³-hybridized carbons (Fsp3) is 0.333. The molecule has 0 aliphatic heterocycles. The second kappa shape index (κ2) is 7.33. The third-order valence-electron chi connectivity index (χ3n) is 2.98. The number of aromatic nitrogens is 2. The number of hydrogen-bond acceptors (Lipinski definition) is 2. The molecule has 0 aliphatic carbocycles. The van der Waals surface area contributed by atoms with Gasteiger partial charge in [-0.2, -0.15) is 5.10 Å². The van der Waals surface area contributed by atoms with Crippen LogP contribution in [0, 0.1) is 6.92 Å². The molecule has 2 amide bonds. The summed E-state index contributed by atoms with van der Waals surface area (Å²) >= 11 is 0. The highest BCUT2D eigenvalue weighted by Gasteiger charge is 2.00. The molecule has 0 atom stereocenters. The van der Waals surface area contributed by atoms with Crippen molar-refractivity contribution < 1.29 is 4.79 Å². The van der Waals surface area contributed by atoms with E-state index in [1.54, 1.807) is 6.20 Å². The van der Waals surface area contributed by atoms with Crippen molar-refractivity contribution in [1.29, 1.82) is 0 Å². The molecule has 106 valence electrons. The predicted molar refractivity (Wildman–Crippen MR) is 78.3 cm³/mol. The number of amides is 2. The molecular formula is C15H20N4O. The molecule has 1 aromatic heterocycles. The summed E-state index contributed by atoms with van der Waals surface area (Å²) in [5, 5.41) is 9.78. The molecule has 5 heteroatoms. The Labute approximate surface area is 119 Å². The van der Waals surface area contributed by atoms with Crippen molar-refractivity contribution >= 4 is 6.03 Å². The number of rotatable bonds is 6. The van der Waals surface area contributed by atoms with Gasteiger partial charge < -0.3 is 10.6 Å². The second-order valence-electron chi connectivity index (χ2n) is 4.72. The summed E-state index contributed by atoms with van der Waals surface area (Å²) in [5.41, 5.74) is 2.32. The lowest BCUT2D eigenvalue weighted by molar-refractivity contribution is 0.240. The number of nitrogens with zero attached hydrogens (tertiary/aromatic N) is 2. The van der Waals surface area contributed by atoms with Crippen molar-refractivity contribution in [1.82, 2.24) is 20.4 Å². The van der Waals surface area contributed by atoms with Gasteiger partial charge in [-0.1, -0.05) is 29.8 Å². The van der Waals surface area contributed by atoms with Gasteiger partial charge in [-0.25, -0.2) is 4.79 Å². The molecule has 5 nitrogen and oxygen atoms in total. The zero-order chi connectivity index (χ0) is 14.2. The summed E-state index contributed by atoms with van der Waals surface area (Å²) in [7, 11) is 0. The largest absolute Gasteiger partial charge is 0.338 e. The van der Waals surface area contributed by atoms with E-state index in [0.717, 1.165) is 18.5 Å². The van der Waals surface area contributed by atoms with Crippen LogP contribution in [0.15, 0.2) is 42.7 Å². The van der Waals surface area contributed by atoms with Crippen LogP contribution < -0.4 is 10.6 Å². The molecule has 0 unspecified atom stereocenters. The Morgan fingerprint density at radius 2 is 2.05 bits per heavy atom. The molecule has 0 aliphatic rings. The van der Waals surface area contributed by atoms with Crippen molar-refractivity contribution in [2.24, 2.45) is 0 Å². The van der Waals surface area contributed by atoms with Crippen molar-refractivity contribution in [3.05, 3.63) is 53.9 Å². The van der Waals surface area contributed by atoms with E-state index in [2.05, 4.69) is 15.7 Å². The lowest BCUT2D eigenvalue weighted by Gasteiger charge is -2.08. The zero-order valence-electron chi connectivity index (χ0n) is 11.7. The Morgan fingerprint density at radius 1 is 1.25 bits per heavy atom. The zero-order valence-corrected chi connectivity index (χ0v) is 11.7. The first-order chi connectivity index (χ1) is 9.74. The van der Waals surface area contributed by atoms with Gasteiger partial charge in [-0.05, 0) is 25.0 Å². The van der Waals surface area contributed by atoms with E-state index >= 15 is 0 Å². The highest BCUT2D eigenvalue weighted by atomic mass is 16.2. The van der Waals surface area contributed by atoms with Gasteiger partial charge in [0.05, 0.1) is 0 Å². The Morgan fingerprint density at radius 3 is 2.75 bits per heavy atom. The lowest BCUT2D eigenvalue weighted by Crippen LogP contribution is -2.35. The summed E-state index contributed by atoms with van der Waals surface area (Å²) in [6.45, 7) is 4.04. The van der Waals surface area contributed by atoms with Gasteiger partial charge in [0.25, 0.3) is 0 Å². The number of carbonyl (C=O) groups is 1. The Bertz CT molecular complexity index is 519. The van der Waals surface area contributed by atoms with Crippen molar-refractivity contribution in [3.8, 4) is 0 Å². The molecule has 0 bridgehead atoms. The molecule has 2 N–H and O–H groups in total. The van der Waals surface area contributed by atoms with Crippen LogP contribution in [-0.4, -0.2) is 22.4 Å². The molecule has 1 heterocycles. The van der Waals surface area contributed by atoms with Crippen LogP contribution in [0.5, 0.6) is 0 Å². The van der Waals surface area contributed by atoms with Crippen LogP contribution in [0.4, 0.5) is 4.79 Å². The highest BCUT2D eigenvalue weighted by molar-refractivity contribution is 5.73. The molecule has 0 saturated heterocycles. The Balaban J connectivity index is 1.59. The van der Waals surface area contributed by atoms with Crippen molar-refractivity contribution in [2.45, 2.75) is 26.4 Å². The third kappa shape index (κ3) is 4.76. The summed E-state index contributed by atoms with van der Waals surface area (Å²) in [6.07, 6.45) is 4.53. The first-order valence-electron chi connectivity index (χ1n) is 6.79. The average Bonchev–Trinajstić information content (AvgIpc) is 2.96. The first kappa shape index (κ1) is 14.1. The minimum atomic E-state index is -0.133. The standard InChI is InChI=1S/C15H20N4O/c1-13-4-6-14(7-5-13)12-17-15(20)16-8-2-10-19-11-3-9-18-19/h3-7,9,11H,2,8,10,12H2,1H3,(H2,16,17,20). The molecule has 0 fully saturated rings. The number of nitrogens with one attached hydrogen (secondary N) is 2. The minimum absolute atomic E-state index is 0.133. The van der Waals surface area contributed by atoms with Crippen molar-refractivity contribution in [3.63, 3.8) is 0 Å². The summed E-state index contributed by atoms with van der Waals surface area (Å²) in [6, 6.07) is 9.88. The first-order valence-corrected chi connectivity index (χ1v) is 6.79. The van der Waals surface area contributed by atoms with Crippen LogP contribution in [0.25, 0.3) is 0 Å². The van der Waals surface area contributed by atoms with Gasteiger partial charge in [-0.3, -0.25) is 4.68 Å². The SMILES string of the molecule is Cc1ccc(CNC(=O)NCCCn2cccn2)cc1. The van der Waals surface area contributed by atoms with Gasteiger partial charge in [0.2, 0.25) is 0 Å². The number of hydrogen-bond donors (Lipinski definition) is 2. The lowest BCUT2D eigenvalue weighted by atomic mass is 10.1. The van der Waals surface area contributed by atoms with Gasteiger partial charge in [0.15, 0.2) is 0 Å². The van der Waals surface area contributed by atoms with E-state index in [0.29, 0.717) is 13.1 Å². The van der Waals surface area contributed by atoms with Gasteiger partial charge in [-0.15, -0.1) is 0 Å². The number of benzene rings is 1. The monoisotopic (exact) mass is 272 g/mol. The maximum absolute atomic E-state index is 11.6. The summed E-state index contributed by atoms with van der Waals surface area (Å²) < 4.78 is 1.85. The molecule has 2 aromatic rings. The molecule has 1 aromatic carbocycles. The smallest absolute Gasteiger partial charge is 0.315 e. The van der Waals surface area contributed by atoms with Crippen LogP contribution >= 0.6 is 0 Å². The van der Waals surface area contributed by atoms with Gasteiger partial charge in [0, 0.05) is 32.0 Å². The maximum Gasteiger partial charge on any atom is 0.315 e. The normalized spacial score (nSPS) is 10.2. The number of urea groups is 1. The van der Waals surface area contributed by atoms with Crippen molar-refractivity contribution in [2.75, 3.05) is 6.54 Å². The molecule has 0 radical (unpaired) electrons. The second-order valence-corrected chi connectivity index (χ2v) is 4.72. The van der Waals surface area contributed by atoms with E-state index in [1.807, 2.05) is 48.1 Å². The summed E-state index contributed by atoms with van der Waals surface area (Å²) in [4.78, 5) is 11.6.